The molecule has 3 N–H and O–H groups in total. The Kier molecular flexibility index (Phi) is 7.16. The molecule has 0 fully saturated rings. The van der Waals surface area contributed by atoms with Crippen LogP contribution in [0.4, 0.5) is 18.0 Å². The van der Waals surface area contributed by atoms with E-state index in [4.69, 9.17) is 16.3 Å². The number of urea groups is 1. The number of ether oxygens (including phenoxy) is 1. The molecule has 0 saturated carbocycles. The number of amides is 2. The fourth-order valence-corrected chi connectivity index (χ4v) is 3.97. The lowest BCUT2D eigenvalue weighted by molar-refractivity contribution is -0.137. The molecule has 182 valence electrons. The third-order valence-electron chi connectivity index (χ3n) is 5.47. The average molecular weight is 503 g/mol. The van der Waals surface area contributed by atoms with Crippen LogP contribution in [0.25, 0.3) is 11.0 Å². The number of aromatic amines is 1. The van der Waals surface area contributed by atoms with Gasteiger partial charge in [0, 0.05) is 6.54 Å². The van der Waals surface area contributed by atoms with Crippen LogP contribution >= 0.6 is 11.6 Å². The smallest absolute Gasteiger partial charge is 0.417 e. The number of carbonyl (C=O) groups is 1. The van der Waals surface area contributed by atoms with Gasteiger partial charge >= 0.3 is 12.2 Å². The molecule has 0 saturated heterocycles. The van der Waals surface area contributed by atoms with Gasteiger partial charge in [0.05, 0.1) is 34.8 Å². The van der Waals surface area contributed by atoms with Crippen molar-refractivity contribution in [3.05, 3.63) is 94.3 Å². The third-order valence-corrected chi connectivity index (χ3v) is 5.91. The number of methoxy groups -OCH3 is 1. The van der Waals surface area contributed by atoms with Crippen molar-refractivity contribution in [3.8, 4) is 5.75 Å². The molecule has 1 atom stereocenters. The average Bonchev–Trinajstić information content (AvgIpc) is 3.27. The Morgan fingerprint density at radius 1 is 1.09 bits per heavy atom. The van der Waals surface area contributed by atoms with Crippen molar-refractivity contribution in [2.75, 3.05) is 7.11 Å². The molecule has 0 unspecified atom stereocenters. The minimum atomic E-state index is -4.58. The van der Waals surface area contributed by atoms with Gasteiger partial charge in [0.2, 0.25) is 0 Å². The highest BCUT2D eigenvalue weighted by atomic mass is 35.5. The number of benzene rings is 3. The molecule has 2 amide bonds. The molecule has 0 aliphatic heterocycles. The molecule has 4 rings (SSSR count). The molecule has 0 spiro atoms. The van der Waals surface area contributed by atoms with E-state index in [9.17, 15) is 18.0 Å². The van der Waals surface area contributed by atoms with Crippen molar-refractivity contribution in [1.29, 1.82) is 0 Å². The van der Waals surface area contributed by atoms with Crippen molar-refractivity contribution in [2.45, 2.75) is 25.2 Å². The van der Waals surface area contributed by atoms with Crippen LogP contribution in [0.5, 0.6) is 5.75 Å². The summed E-state index contributed by atoms with van der Waals surface area (Å²) in [5.41, 5.74) is 1.71. The fraction of sp³-hybridized carbons (Fsp3) is 0.200. The van der Waals surface area contributed by atoms with Crippen molar-refractivity contribution >= 4 is 28.7 Å². The minimum absolute atomic E-state index is 0.159. The molecular weight excluding hydrogens is 481 g/mol. The number of nitrogens with one attached hydrogen (secondary N) is 3. The van der Waals surface area contributed by atoms with Crippen LogP contribution in [0.15, 0.2) is 66.7 Å². The van der Waals surface area contributed by atoms with E-state index in [1.807, 2.05) is 48.5 Å². The Morgan fingerprint density at radius 2 is 1.83 bits per heavy atom. The van der Waals surface area contributed by atoms with Gasteiger partial charge in [0.1, 0.15) is 11.6 Å². The molecule has 6 nitrogen and oxygen atoms in total. The molecule has 3 aromatic carbocycles. The summed E-state index contributed by atoms with van der Waals surface area (Å²) >= 11 is 5.94. The van der Waals surface area contributed by atoms with Crippen LogP contribution in [0, 0.1) is 0 Å². The van der Waals surface area contributed by atoms with Crippen molar-refractivity contribution in [1.82, 2.24) is 20.6 Å². The van der Waals surface area contributed by atoms with Gasteiger partial charge in [-0.1, -0.05) is 48.0 Å². The van der Waals surface area contributed by atoms with Gasteiger partial charge < -0.3 is 20.4 Å². The van der Waals surface area contributed by atoms with Crippen LogP contribution in [-0.4, -0.2) is 23.1 Å². The molecule has 0 radical (unpaired) electrons. The molecule has 0 bridgehead atoms. The predicted octanol–water partition coefficient (Wildman–Crippen LogP) is 6.03. The van der Waals surface area contributed by atoms with E-state index in [0.29, 0.717) is 18.0 Å². The Bertz CT molecular complexity index is 1290. The predicted molar refractivity (Wildman–Crippen MR) is 127 cm³/mol. The Balaban J connectivity index is 1.52. The fourth-order valence-electron chi connectivity index (χ4n) is 3.67. The van der Waals surface area contributed by atoms with Gasteiger partial charge in [0.25, 0.3) is 0 Å². The summed E-state index contributed by atoms with van der Waals surface area (Å²) in [4.78, 5) is 20.6. The first-order valence-electron chi connectivity index (χ1n) is 10.7. The summed E-state index contributed by atoms with van der Waals surface area (Å²) in [6, 6.07) is 17.4. The second kappa shape index (κ2) is 10.3. The van der Waals surface area contributed by atoms with Gasteiger partial charge in [-0.25, -0.2) is 9.78 Å². The van der Waals surface area contributed by atoms with E-state index in [1.54, 1.807) is 7.11 Å². The van der Waals surface area contributed by atoms with Crippen LogP contribution < -0.4 is 15.4 Å². The summed E-state index contributed by atoms with van der Waals surface area (Å²) in [6.45, 7) is -0.177. The van der Waals surface area contributed by atoms with Crippen LogP contribution in [0.3, 0.4) is 0 Å². The van der Waals surface area contributed by atoms with Crippen LogP contribution in [-0.2, 0) is 19.1 Å². The lowest BCUT2D eigenvalue weighted by Crippen LogP contribution is -2.38. The zero-order valence-corrected chi connectivity index (χ0v) is 19.4. The highest BCUT2D eigenvalue weighted by Crippen LogP contribution is 2.36. The largest absolute Gasteiger partial charge is 0.497 e. The maximum Gasteiger partial charge on any atom is 0.417 e. The minimum Gasteiger partial charge on any atom is -0.497 e. The summed E-state index contributed by atoms with van der Waals surface area (Å²) in [5.74, 6) is 1.26. The third kappa shape index (κ3) is 5.86. The normalized spacial score (nSPS) is 12.4. The number of H-pyrrole nitrogens is 1. The Hall–Kier alpha value is -3.72. The molecule has 10 heteroatoms. The van der Waals surface area contributed by atoms with Crippen LogP contribution in [0.1, 0.15) is 28.6 Å². The number of hydrogen-bond acceptors (Lipinski definition) is 3. The summed E-state index contributed by atoms with van der Waals surface area (Å²) in [7, 11) is 1.58. The number of hydrogen-bond donors (Lipinski definition) is 3. The number of imidazole rings is 1. The molecular formula is C25H22ClF3N4O2. The highest BCUT2D eigenvalue weighted by molar-refractivity contribution is 6.32. The van der Waals surface area contributed by atoms with Gasteiger partial charge in [-0.15, -0.1) is 0 Å². The Morgan fingerprint density at radius 3 is 2.51 bits per heavy atom. The number of alkyl halides is 3. The summed E-state index contributed by atoms with van der Waals surface area (Å²) in [6.07, 6.45) is -4.17. The number of para-hydroxylation sites is 2. The molecule has 1 heterocycles. The number of halogens is 4. The van der Waals surface area contributed by atoms with Crippen molar-refractivity contribution in [3.63, 3.8) is 0 Å². The van der Waals surface area contributed by atoms with E-state index >= 15 is 0 Å². The number of carbonyl (C=O) groups excluding carboxylic acids is 1. The monoisotopic (exact) mass is 502 g/mol. The summed E-state index contributed by atoms with van der Waals surface area (Å²) in [5, 5.41) is 5.02. The van der Waals surface area contributed by atoms with Gasteiger partial charge in [-0.2, -0.15) is 13.2 Å². The molecule has 1 aromatic heterocycles. The maximum absolute atomic E-state index is 13.1. The summed E-state index contributed by atoms with van der Waals surface area (Å²) < 4.78 is 44.6. The van der Waals surface area contributed by atoms with Crippen molar-refractivity contribution < 1.29 is 22.7 Å². The number of nitrogens with zero attached hydrogens (tertiary/aromatic N) is 1. The lowest BCUT2D eigenvalue weighted by atomic mass is 10.1. The zero-order valence-electron chi connectivity index (χ0n) is 18.6. The standard InChI is InChI=1S/C25H22ClF3N4O2/c1-35-17-11-9-15(10-12-17)13-21(23-31-19-7-2-3-8-20(19)32-23)33-24(34)30-14-16-5-4-6-18(22(16)26)25(27,28)29/h2-12,21H,13-14H2,1H3,(H,31,32)(H2,30,33,34)/t21-/m1/s1. The lowest BCUT2D eigenvalue weighted by Gasteiger charge is -2.18. The Labute approximate surface area is 204 Å². The zero-order chi connectivity index (χ0) is 25.0. The van der Waals surface area contributed by atoms with Gasteiger partial charge in [0.15, 0.2) is 0 Å². The second-order valence-electron chi connectivity index (χ2n) is 7.85. The van der Waals surface area contributed by atoms with Gasteiger partial charge in [-0.05, 0) is 47.9 Å². The van der Waals surface area contributed by atoms with E-state index in [2.05, 4.69) is 20.6 Å². The highest BCUT2D eigenvalue weighted by Gasteiger charge is 2.33. The first-order chi connectivity index (χ1) is 16.7. The molecule has 4 aromatic rings. The molecule has 35 heavy (non-hydrogen) atoms. The van der Waals surface area contributed by atoms with E-state index < -0.39 is 28.8 Å². The number of aromatic nitrogens is 2. The molecule has 0 aliphatic carbocycles. The first kappa shape index (κ1) is 24.4. The number of fused-ring (bicyclic) bond motifs is 1. The first-order valence-corrected chi connectivity index (χ1v) is 11.1. The van der Waals surface area contributed by atoms with Crippen molar-refractivity contribution in [2.24, 2.45) is 0 Å². The van der Waals surface area contributed by atoms with E-state index in [0.717, 1.165) is 22.7 Å². The SMILES string of the molecule is COc1ccc(C[C@@H](NC(=O)NCc2cccc(C(F)(F)F)c2Cl)c2nc3ccccc3[nH]2)cc1. The quantitative estimate of drug-likeness (QED) is 0.289. The second-order valence-corrected chi connectivity index (χ2v) is 8.23. The van der Waals surface area contributed by atoms with Gasteiger partial charge in [-0.3, -0.25) is 0 Å². The van der Waals surface area contributed by atoms with Crippen LogP contribution in [0.2, 0.25) is 5.02 Å². The van der Waals surface area contributed by atoms with E-state index in [1.165, 1.54) is 12.1 Å². The topological polar surface area (TPSA) is 79.0 Å². The number of rotatable bonds is 7. The maximum atomic E-state index is 13.1. The van der Waals surface area contributed by atoms with E-state index in [-0.39, 0.29) is 12.1 Å². The molecule has 0 aliphatic rings.